The summed E-state index contributed by atoms with van der Waals surface area (Å²) in [5.41, 5.74) is 0. The number of nitrogens with zero attached hydrogens (tertiary/aromatic N) is 1. The van der Waals surface area contributed by atoms with Crippen LogP contribution in [0.2, 0.25) is 0 Å². The molecule has 2 heteroatoms. The molecule has 2 nitrogen and oxygen atoms in total. The van der Waals surface area contributed by atoms with E-state index in [4.69, 9.17) is 5.26 Å². The van der Waals surface area contributed by atoms with Gasteiger partial charge in [0.05, 0.1) is 12.1 Å². The van der Waals surface area contributed by atoms with Gasteiger partial charge < -0.3 is 5.32 Å². The van der Waals surface area contributed by atoms with Gasteiger partial charge in [0.15, 0.2) is 0 Å². The van der Waals surface area contributed by atoms with E-state index in [0.29, 0.717) is 5.92 Å². The van der Waals surface area contributed by atoms with Crippen molar-refractivity contribution in [3.05, 3.63) is 0 Å². The van der Waals surface area contributed by atoms with E-state index >= 15 is 0 Å². The Balaban J connectivity index is 3.73. The molecule has 0 aliphatic rings. The molecule has 2 atom stereocenters. The fourth-order valence-electron chi connectivity index (χ4n) is 1.30. The fraction of sp³-hybridized carbons (Fsp3) is 0.900. The first-order chi connectivity index (χ1) is 5.76. The minimum atomic E-state index is 0.0462. The van der Waals surface area contributed by atoms with Crippen LogP contribution in [0.5, 0.6) is 0 Å². The third kappa shape index (κ3) is 4.35. The van der Waals surface area contributed by atoms with Crippen molar-refractivity contribution >= 4 is 0 Å². The van der Waals surface area contributed by atoms with E-state index in [1.54, 1.807) is 0 Å². The molecule has 0 aromatic rings. The summed E-state index contributed by atoms with van der Waals surface area (Å²) >= 11 is 0. The minimum Gasteiger partial charge on any atom is -0.302 e. The number of nitriles is 1. The number of hydrogen-bond acceptors (Lipinski definition) is 2. The lowest BCUT2D eigenvalue weighted by Crippen LogP contribution is -2.34. The molecular formula is C10H20N2. The summed E-state index contributed by atoms with van der Waals surface area (Å²) in [6.45, 7) is 7.36. The first kappa shape index (κ1) is 11.4. The molecule has 12 heavy (non-hydrogen) atoms. The van der Waals surface area contributed by atoms with Gasteiger partial charge in [-0.2, -0.15) is 5.26 Å². The highest BCUT2D eigenvalue weighted by Crippen LogP contribution is 2.09. The SMILES string of the molecule is CCCNC(C#N)C(C)CCC. The normalized spacial score (nSPS) is 15.2. The second-order valence-electron chi connectivity index (χ2n) is 3.33. The second kappa shape index (κ2) is 7.12. The Kier molecular flexibility index (Phi) is 6.79. The molecule has 0 saturated heterocycles. The number of nitrogens with one attached hydrogen (secondary N) is 1. The lowest BCUT2D eigenvalue weighted by atomic mass is 9.98. The Morgan fingerprint density at radius 1 is 1.33 bits per heavy atom. The Hall–Kier alpha value is -0.550. The van der Waals surface area contributed by atoms with Crippen molar-refractivity contribution in [2.45, 2.75) is 46.1 Å². The Labute approximate surface area is 76.0 Å². The molecule has 0 rings (SSSR count). The molecular weight excluding hydrogens is 148 g/mol. The van der Waals surface area contributed by atoms with E-state index in [1.807, 2.05) is 0 Å². The first-order valence-electron chi connectivity index (χ1n) is 4.89. The fourth-order valence-corrected chi connectivity index (χ4v) is 1.30. The lowest BCUT2D eigenvalue weighted by molar-refractivity contribution is 0.414. The second-order valence-corrected chi connectivity index (χ2v) is 3.33. The zero-order chi connectivity index (χ0) is 9.40. The summed E-state index contributed by atoms with van der Waals surface area (Å²) in [7, 11) is 0. The van der Waals surface area contributed by atoms with Gasteiger partial charge in [0.1, 0.15) is 0 Å². The van der Waals surface area contributed by atoms with Crippen LogP contribution in [0.15, 0.2) is 0 Å². The third-order valence-electron chi connectivity index (χ3n) is 2.07. The van der Waals surface area contributed by atoms with Gasteiger partial charge in [0.2, 0.25) is 0 Å². The maximum atomic E-state index is 8.84. The van der Waals surface area contributed by atoms with Crippen molar-refractivity contribution in [1.29, 1.82) is 5.26 Å². The van der Waals surface area contributed by atoms with E-state index < -0.39 is 0 Å². The van der Waals surface area contributed by atoms with Crippen LogP contribution in [0.25, 0.3) is 0 Å². The molecule has 0 aromatic carbocycles. The zero-order valence-corrected chi connectivity index (χ0v) is 8.43. The van der Waals surface area contributed by atoms with E-state index in [-0.39, 0.29) is 6.04 Å². The van der Waals surface area contributed by atoms with Crippen LogP contribution in [0.3, 0.4) is 0 Å². The number of rotatable bonds is 6. The van der Waals surface area contributed by atoms with Crippen LogP contribution in [0, 0.1) is 17.2 Å². The van der Waals surface area contributed by atoms with E-state index in [0.717, 1.165) is 25.8 Å². The standard InChI is InChI=1S/C10H20N2/c1-4-6-9(3)10(8-11)12-7-5-2/h9-10,12H,4-7H2,1-3H3. The van der Waals surface area contributed by atoms with Gasteiger partial charge in [0.25, 0.3) is 0 Å². The molecule has 0 aromatic heterocycles. The first-order valence-corrected chi connectivity index (χ1v) is 4.89. The Morgan fingerprint density at radius 2 is 2.00 bits per heavy atom. The monoisotopic (exact) mass is 168 g/mol. The largest absolute Gasteiger partial charge is 0.302 e. The molecule has 70 valence electrons. The predicted octanol–water partition coefficient (Wildman–Crippen LogP) is 2.31. The summed E-state index contributed by atoms with van der Waals surface area (Å²) < 4.78 is 0. The highest BCUT2D eigenvalue weighted by molar-refractivity contribution is 4.92. The van der Waals surface area contributed by atoms with Crippen molar-refractivity contribution in [2.75, 3.05) is 6.54 Å². The van der Waals surface area contributed by atoms with Crippen LogP contribution in [-0.4, -0.2) is 12.6 Å². The van der Waals surface area contributed by atoms with E-state index in [9.17, 15) is 0 Å². The van der Waals surface area contributed by atoms with Crippen molar-refractivity contribution in [3.8, 4) is 6.07 Å². The van der Waals surface area contributed by atoms with Crippen LogP contribution < -0.4 is 5.32 Å². The molecule has 1 N–H and O–H groups in total. The van der Waals surface area contributed by atoms with Gasteiger partial charge in [-0.3, -0.25) is 0 Å². The molecule has 0 amide bonds. The van der Waals surface area contributed by atoms with Crippen LogP contribution in [0.4, 0.5) is 0 Å². The molecule has 2 unspecified atom stereocenters. The van der Waals surface area contributed by atoms with Gasteiger partial charge >= 0.3 is 0 Å². The number of hydrogen-bond donors (Lipinski definition) is 1. The smallest absolute Gasteiger partial charge is 0.0978 e. The average Bonchev–Trinajstić information content (AvgIpc) is 2.06. The summed E-state index contributed by atoms with van der Waals surface area (Å²) in [6, 6.07) is 2.36. The molecule has 0 saturated carbocycles. The summed E-state index contributed by atoms with van der Waals surface area (Å²) in [5.74, 6) is 0.478. The minimum absolute atomic E-state index is 0.0462. The lowest BCUT2D eigenvalue weighted by Gasteiger charge is -2.17. The van der Waals surface area contributed by atoms with Gasteiger partial charge in [-0.1, -0.05) is 27.2 Å². The van der Waals surface area contributed by atoms with Crippen molar-refractivity contribution in [3.63, 3.8) is 0 Å². The molecule has 0 bridgehead atoms. The van der Waals surface area contributed by atoms with Crippen LogP contribution in [-0.2, 0) is 0 Å². The Morgan fingerprint density at radius 3 is 2.42 bits per heavy atom. The molecule has 0 aliphatic carbocycles. The maximum Gasteiger partial charge on any atom is 0.0978 e. The average molecular weight is 168 g/mol. The van der Waals surface area contributed by atoms with Gasteiger partial charge in [-0.15, -0.1) is 0 Å². The van der Waals surface area contributed by atoms with Crippen molar-refractivity contribution in [2.24, 2.45) is 5.92 Å². The third-order valence-corrected chi connectivity index (χ3v) is 2.07. The van der Waals surface area contributed by atoms with Crippen molar-refractivity contribution in [1.82, 2.24) is 5.32 Å². The zero-order valence-electron chi connectivity index (χ0n) is 8.43. The summed E-state index contributed by atoms with van der Waals surface area (Å²) in [6.07, 6.45) is 3.39. The molecule has 0 aliphatic heterocycles. The summed E-state index contributed by atoms with van der Waals surface area (Å²) in [4.78, 5) is 0. The van der Waals surface area contributed by atoms with Crippen molar-refractivity contribution < 1.29 is 0 Å². The molecule has 0 radical (unpaired) electrons. The maximum absolute atomic E-state index is 8.84. The molecule has 0 fully saturated rings. The van der Waals surface area contributed by atoms with E-state index in [2.05, 4.69) is 32.2 Å². The molecule has 0 spiro atoms. The predicted molar refractivity (Wildman–Crippen MR) is 51.8 cm³/mol. The van der Waals surface area contributed by atoms with E-state index in [1.165, 1.54) is 0 Å². The van der Waals surface area contributed by atoms with Gasteiger partial charge in [-0.25, -0.2) is 0 Å². The van der Waals surface area contributed by atoms with Crippen LogP contribution >= 0.6 is 0 Å². The van der Waals surface area contributed by atoms with Gasteiger partial charge in [0, 0.05) is 0 Å². The Bertz CT molecular complexity index is 137. The molecule has 0 heterocycles. The quantitative estimate of drug-likeness (QED) is 0.660. The topological polar surface area (TPSA) is 35.8 Å². The highest BCUT2D eigenvalue weighted by atomic mass is 14.9. The van der Waals surface area contributed by atoms with Gasteiger partial charge in [-0.05, 0) is 25.3 Å². The van der Waals surface area contributed by atoms with Crippen LogP contribution in [0.1, 0.15) is 40.0 Å². The summed E-state index contributed by atoms with van der Waals surface area (Å²) in [5, 5.41) is 12.1. The highest BCUT2D eigenvalue weighted by Gasteiger charge is 2.13.